The third kappa shape index (κ3) is 1.84. The number of aromatic nitrogens is 1. The van der Waals surface area contributed by atoms with Crippen molar-refractivity contribution < 1.29 is 4.79 Å². The van der Waals surface area contributed by atoms with E-state index in [0.29, 0.717) is 10.8 Å². The highest BCUT2D eigenvalue weighted by Gasteiger charge is 2.41. The van der Waals surface area contributed by atoms with Crippen molar-refractivity contribution in [1.29, 1.82) is 0 Å². The molecule has 2 fully saturated rings. The topological polar surface area (TPSA) is 39.7 Å². The summed E-state index contributed by atoms with van der Waals surface area (Å²) in [5.74, 6) is 0.693. The smallest absolute Gasteiger partial charge is 0.266 e. The molecule has 22 heavy (non-hydrogen) atoms. The lowest BCUT2D eigenvalue weighted by Crippen LogP contribution is -2.43. The molecule has 114 valence electrons. The van der Waals surface area contributed by atoms with Crippen LogP contribution in [0.15, 0.2) is 24.5 Å². The molecule has 2 aromatic rings. The molecular formula is C15H15ClN4OS. The molecule has 1 aromatic carbocycles. The van der Waals surface area contributed by atoms with Gasteiger partial charge in [-0.05, 0) is 31.9 Å². The van der Waals surface area contributed by atoms with Gasteiger partial charge in [-0.3, -0.25) is 5.01 Å². The van der Waals surface area contributed by atoms with E-state index in [1.807, 2.05) is 24.1 Å². The predicted molar refractivity (Wildman–Crippen MR) is 89.0 cm³/mol. The van der Waals surface area contributed by atoms with Crippen LogP contribution in [-0.2, 0) is 0 Å². The standard InChI is InChI=1S/C15H15ClN4OS/c1-9-17-13-12(6-5-11(16)14(13)22-9)20-10(2)18-7-3-4-8-19(18)15(20)21/h5-6H,2-4,7-8H2,1H3. The Morgan fingerprint density at radius 3 is 2.73 bits per heavy atom. The van der Waals surface area contributed by atoms with Gasteiger partial charge in [0.25, 0.3) is 0 Å². The van der Waals surface area contributed by atoms with E-state index in [1.165, 1.54) is 0 Å². The van der Waals surface area contributed by atoms with Gasteiger partial charge in [-0.2, -0.15) is 0 Å². The van der Waals surface area contributed by atoms with Gasteiger partial charge in [-0.25, -0.2) is 19.7 Å². The zero-order chi connectivity index (χ0) is 15.4. The minimum absolute atomic E-state index is 0.0565. The highest BCUT2D eigenvalue weighted by molar-refractivity contribution is 7.19. The first-order chi connectivity index (χ1) is 10.6. The van der Waals surface area contributed by atoms with E-state index in [4.69, 9.17) is 11.6 Å². The Labute approximate surface area is 137 Å². The number of benzene rings is 1. The molecule has 4 rings (SSSR count). The normalized spacial score (nSPS) is 18.5. The van der Waals surface area contributed by atoms with Gasteiger partial charge in [0.15, 0.2) is 0 Å². The molecule has 0 atom stereocenters. The first-order valence-electron chi connectivity index (χ1n) is 7.21. The van der Waals surface area contributed by atoms with Gasteiger partial charge in [0.2, 0.25) is 0 Å². The molecule has 2 saturated heterocycles. The lowest BCUT2D eigenvalue weighted by molar-refractivity contribution is 0.0500. The first kappa shape index (κ1) is 13.8. The van der Waals surface area contributed by atoms with E-state index in [2.05, 4.69) is 11.6 Å². The zero-order valence-corrected chi connectivity index (χ0v) is 13.7. The van der Waals surface area contributed by atoms with Crippen molar-refractivity contribution in [1.82, 2.24) is 15.0 Å². The van der Waals surface area contributed by atoms with E-state index < -0.39 is 0 Å². The molecule has 0 spiro atoms. The predicted octanol–water partition coefficient (Wildman–Crippen LogP) is 3.98. The van der Waals surface area contributed by atoms with Crippen molar-refractivity contribution in [3.8, 4) is 0 Å². The first-order valence-corrected chi connectivity index (χ1v) is 8.41. The fraction of sp³-hybridized carbons (Fsp3) is 0.333. The number of hydrogen-bond acceptors (Lipinski definition) is 4. The van der Waals surface area contributed by atoms with Crippen LogP contribution in [0.5, 0.6) is 0 Å². The summed E-state index contributed by atoms with van der Waals surface area (Å²) in [5.41, 5.74) is 1.53. The molecule has 2 aliphatic rings. The van der Waals surface area contributed by atoms with Crippen LogP contribution in [0.25, 0.3) is 10.2 Å². The lowest BCUT2D eigenvalue weighted by Gasteiger charge is -2.32. The van der Waals surface area contributed by atoms with Crippen LogP contribution < -0.4 is 4.90 Å². The summed E-state index contributed by atoms with van der Waals surface area (Å²) < 4.78 is 0.914. The quantitative estimate of drug-likeness (QED) is 0.791. The molecule has 3 heterocycles. The van der Waals surface area contributed by atoms with Crippen LogP contribution in [0, 0.1) is 6.92 Å². The van der Waals surface area contributed by atoms with Crippen LogP contribution in [0.2, 0.25) is 5.02 Å². The van der Waals surface area contributed by atoms with Crippen molar-refractivity contribution in [2.75, 3.05) is 18.0 Å². The van der Waals surface area contributed by atoms with Crippen LogP contribution >= 0.6 is 22.9 Å². The number of rotatable bonds is 1. The summed E-state index contributed by atoms with van der Waals surface area (Å²) in [6, 6.07) is 3.62. The number of urea groups is 1. The van der Waals surface area contributed by atoms with Gasteiger partial charge in [-0.1, -0.05) is 18.2 Å². The molecule has 0 saturated carbocycles. The number of aryl methyl sites for hydroxylation is 1. The average Bonchev–Trinajstić information content (AvgIpc) is 3.02. The Bertz CT molecular complexity index is 778. The highest BCUT2D eigenvalue weighted by atomic mass is 35.5. The van der Waals surface area contributed by atoms with Gasteiger partial charge < -0.3 is 0 Å². The number of fused-ring (bicyclic) bond motifs is 2. The second-order valence-electron chi connectivity index (χ2n) is 5.46. The fourth-order valence-corrected chi connectivity index (χ4v) is 4.18. The lowest BCUT2D eigenvalue weighted by atomic mass is 10.2. The number of amides is 2. The number of halogens is 1. The number of nitrogens with zero attached hydrogens (tertiary/aromatic N) is 4. The molecule has 0 unspecified atom stereocenters. The van der Waals surface area contributed by atoms with Crippen molar-refractivity contribution >= 4 is 44.9 Å². The summed E-state index contributed by atoms with van der Waals surface area (Å²) in [6.45, 7) is 7.62. The van der Waals surface area contributed by atoms with Crippen molar-refractivity contribution in [2.24, 2.45) is 0 Å². The number of carbonyl (C=O) groups excluding carboxylic acids is 1. The summed E-state index contributed by atoms with van der Waals surface area (Å²) in [4.78, 5) is 19.0. The van der Waals surface area contributed by atoms with E-state index >= 15 is 0 Å². The second kappa shape index (κ2) is 4.86. The molecular weight excluding hydrogens is 320 g/mol. The number of carbonyl (C=O) groups is 1. The number of thiazole rings is 1. The van der Waals surface area contributed by atoms with Gasteiger partial charge in [-0.15, -0.1) is 11.3 Å². The van der Waals surface area contributed by atoms with Crippen LogP contribution in [0.1, 0.15) is 17.8 Å². The second-order valence-corrected chi connectivity index (χ2v) is 7.08. The molecule has 2 aliphatic heterocycles. The summed E-state index contributed by atoms with van der Waals surface area (Å²) in [7, 11) is 0. The van der Waals surface area contributed by atoms with E-state index in [0.717, 1.165) is 46.8 Å². The van der Waals surface area contributed by atoms with Crippen LogP contribution in [0.4, 0.5) is 10.5 Å². The minimum Gasteiger partial charge on any atom is -0.266 e. The van der Waals surface area contributed by atoms with E-state index in [-0.39, 0.29) is 6.03 Å². The molecule has 0 bridgehead atoms. The van der Waals surface area contributed by atoms with Crippen molar-refractivity contribution in [3.63, 3.8) is 0 Å². The summed E-state index contributed by atoms with van der Waals surface area (Å²) >= 11 is 7.81. The highest BCUT2D eigenvalue weighted by Crippen LogP contribution is 2.40. The molecule has 5 nitrogen and oxygen atoms in total. The van der Waals surface area contributed by atoms with Crippen LogP contribution in [0.3, 0.4) is 0 Å². The Kier molecular flexibility index (Phi) is 3.06. The Morgan fingerprint density at radius 1 is 1.27 bits per heavy atom. The maximum atomic E-state index is 12.8. The summed E-state index contributed by atoms with van der Waals surface area (Å²) in [6.07, 6.45) is 2.09. The monoisotopic (exact) mass is 334 g/mol. The maximum absolute atomic E-state index is 12.8. The van der Waals surface area contributed by atoms with Crippen molar-refractivity contribution in [3.05, 3.63) is 34.6 Å². The molecule has 0 radical (unpaired) electrons. The molecule has 2 amide bonds. The van der Waals surface area contributed by atoms with Gasteiger partial charge in [0.05, 0.1) is 20.4 Å². The largest absolute Gasteiger partial charge is 0.349 e. The number of anilines is 1. The summed E-state index contributed by atoms with van der Waals surface area (Å²) in [5, 5.41) is 5.33. The van der Waals surface area contributed by atoms with Gasteiger partial charge >= 0.3 is 6.03 Å². The van der Waals surface area contributed by atoms with E-state index in [1.54, 1.807) is 21.2 Å². The third-order valence-corrected chi connectivity index (χ3v) is 5.50. The number of hydrazine groups is 1. The fourth-order valence-electron chi connectivity index (χ4n) is 3.06. The Balaban J connectivity index is 1.87. The molecule has 0 N–H and O–H groups in total. The third-order valence-electron chi connectivity index (χ3n) is 4.07. The average molecular weight is 335 g/mol. The minimum atomic E-state index is -0.0565. The molecule has 1 aromatic heterocycles. The molecule has 0 aliphatic carbocycles. The Hall–Kier alpha value is -1.79. The van der Waals surface area contributed by atoms with Crippen LogP contribution in [-0.4, -0.2) is 34.1 Å². The van der Waals surface area contributed by atoms with Gasteiger partial charge in [0, 0.05) is 13.1 Å². The molecule has 7 heteroatoms. The maximum Gasteiger partial charge on any atom is 0.349 e. The Morgan fingerprint density at radius 2 is 2.00 bits per heavy atom. The van der Waals surface area contributed by atoms with Gasteiger partial charge in [0.1, 0.15) is 11.3 Å². The zero-order valence-electron chi connectivity index (χ0n) is 12.2. The van der Waals surface area contributed by atoms with Crippen molar-refractivity contribution in [2.45, 2.75) is 19.8 Å². The number of hydrogen-bond donors (Lipinski definition) is 0. The van der Waals surface area contributed by atoms with E-state index in [9.17, 15) is 4.79 Å². The SMILES string of the molecule is C=C1N(c2ccc(Cl)c3sc(C)nc23)C(=O)N2CCCCN12.